The van der Waals surface area contributed by atoms with Crippen LogP contribution < -0.4 is 5.56 Å². The van der Waals surface area contributed by atoms with E-state index >= 15 is 0 Å². The molecule has 5 aromatic rings. The van der Waals surface area contributed by atoms with Crippen LogP contribution in [0.15, 0.2) is 90.1 Å². The van der Waals surface area contributed by atoms with Gasteiger partial charge >= 0.3 is 0 Å². The van der Waals surface area contributed by atoms with Crippen LogP contribution in [0.25, 0.3) is 32.8 Å². The first-order valence-electron chi connectivity index (χ1n) is 10.3. The van der Waals surface area contributed by atoms with E-state index in [0.717, 1.165) is 28.4 Å². The van der Waals surface area contributed by atoms with E-state index in [1.807, 2.05) is 48.7 Å². The number of nitrogens with zero attached hydrogens (tertiary/aromatic N) is 3. The molecule has 2 atom stereocenters. The molecule has 0 spiro atoms. The van der Waals surface area contributed by atoms with Crippen molar-refractivity contribution in [3.05, 3.63) is 107 Å². The molecular formula is C26H18FN3O. The lowest BCUT2D eigenvalue weighted by Gasteiger charge is -2.11. The Morgan fingerprint density at radius 2 is 1.77 bits per heavy atom. The second-order valence-corrected chi connectivity index (χ2v) is 7.99. The van der Waals surface area contributed by atoms with Crippen molar-refractivity contribution in [1.29, 1.82) is 0 Å². The molecular weight excluding hydrogens is 389 g/mol. The van der Waals surface area contributed by atoms with Crippen molar-refractivity contribution in [2.24, 2.45) is 0 Å². The van der Waals surface area contributed by atoms with Crippen molar-refractivity contribution in [2.45, 2.75) is 18.4 Å². The van der Waals surface area contributed by atoms with Gasteiger partial charge in [-0.05, 0) is 41.6 Å². The van der Waals surface area contributed by atoms with Crippen LogP contribution in [-0.2, 0) is 0 Å². The summed E-state index contributed by atoms with van der Waals surface area (Å²) in [5.74, 6) is -0.237. The van der Waals surface area contributed by atoms with Crippen LogP contribution in [0.5, 0.6) is 0 Å². The molecule has 31 heavy (non-hydrogen) atoms. The van der Waals surface area contributed by atoms with Crippen molar-refractivity contribution in [3.63, 3.8) is 0 Å². The molecule has 6 rings (SSSR count). The Morgan fingerprint density at radius 3 is 2.68 bits per heavy atom. The predicted octanol–water partition coefficient (Wildman–Crippen LogP) is 5.48. The van der Waals surface area contributed by atoms with Gasteiger partial charge in [-0.1, -0.05) is 42.5 Å². The summed E-state index contributed by atoms with van der Waals surface area (Å²) >= 11 is 0. The number of aromatic nitrogens is 3. The fraction of sp³-hybridized carbons (Fsp3) is 0.115. The first-order chi connectivity index (χ1) is 15.2. The molecule has 0 aliphatic heterocycles. The second-order valence-electron chi connectivity index (χ2n) is 7.99. The van der Waals surface area contributed by atoms with Gasteiger partial charge in [0.15, 0.2) is 0 Å². The molecule has 5 heteroatoms. The lowest BCUT2D eigenvalue weighted by Crippen LogP contribution is -2.19. The lowest BCUT2D eigenvalue weighted by molar-refractivity contribution is 0.625. The van der Waals surface area contributed by atoms with Gasteiger partial charge in [-0.15, -0.1) is 0 Å². The first-order valence-corrected chi connectivity index (χ1v) is 10.3. The Balaban J connectivity index is 1.44. The molecule has 1 saturated carbocycles. The lowest BCUT2D eigenvalue weighted by atomic mass is 10.00. The van der Waals surface area contributed by atoms with Gasteiger partial charge in [0.05, 0.1) is 17.1 Å². The quantitative estimate of drug-likeness (QED) is 0.398. The van der Waals surface area contributed by atoms with E-state index in [1.165, 1.54) is 6.20 Å². The number of halogens is 1. The molecule has 0 amide bonds. The molecule has 3 aromatic heterocycles. The monoisotopic (exact) mass is 407 g/mol. The van der Waals surface area contributed by atoms with Gasteiger partial charge < -0.3 is 4.57 Å². The Morgan fingerprint density at radius 1 is 0.903 bits per heavy atom. The van der Waals surface area contributed by atoms with Crippen molar-refractivity contribution in [3.8, 4) is 11.1 Å². The third-order valence-corrected chi connectivity index (χ3v) is 6.14. The highest BCUT2D eigenvalue weighted by Gasteiger charge is 2.41. The van der Waals surface area contributed by atoms with E-state index in [1.54, 1.807) is 22.9 Å². The Bertz CT molecular complexity index is 1520. The van der Waals surface area contributed by atoms with Crippen LogP contribution in [0.3, 0.4) is 0 Å². The Labute approximate surface area is 177 Å². The maximum Gasteiger partial charge on any atom is 0.259 e. The van der Waals surface area contributed by atoms with Crippen LogP contribution in [0.1, 0.15) is 24.1 Å². The summed E-state index contributed by atoms with van der Waals surface area (Å²) in [6.07, 6.45) is 5.44. The van der Waals surface area contributed by atoms with E-state index < -0.39 is 5.82 Å². The number of hydrogen-bond donors (Lipinski definition) is 0. The molecule has 4 nitrogen and oxygen atoms in total. The maximum atomic E-state index is 14.4. The summed E-state index contributed by atoms with van der Waals surface area (Å²) < 4.78 is 16.2. The van der Waals surface area contributed by atoms with Gasteiger partial charge in [0.2, 0.25) is 0 Å². The minimum absolute atomic E-state index is 0.0564. The van der Waals surface area contributed by atoms with E-state index in [-0.39, 0.29) is 17.5 Å². The molecule has 0 saturated heterocycles. The highest BCUT2D eigenvalue weighted by Crippen LogP contribution is 2.50. The summed E-state index contributed by atoms with van der Waals surface area (Å²) in [7, 11) is 0. The molecule has 3 heterocycles. The average Bonchev–Trinajstić information content (AvgIpc) is 3.60. The van der Waals surface area contributed by atoms with Crippen LogP contribution in [0, 0.1) is 5.82 Å². The fourth-order valence-corrected chi connectivity index (χ4v) is 4.48. The topological polar surface area (TPSA) is 47.8 Å². The van der Waals surface area contributed by atoms with Crippen molar-refractivity contribution in [1.82, 2.24) is 14.5 Å². The maximum absolute atomic E-state index is 14.4. The van der Waals surface area contributed by atoms with Crippen molar-refractivity contribution in [2.75, 3.05) is 0 Å². The number of pyridine rings is 3. The second kappa shape index (κ2) is 6.84. The molecule has 1 aliphatic carbocycles. The van der Waals surface area contributed by atoms with Crippen molar-refractivity contribution < 1.29 is 4.39 Å². The zero-order valence-electron chi connectivity index (χ0n) is 16.6. The molecule has 0 N–H and O–H groups in total. The third kappa shape index (κ3) is 2.93. The minimum Gasteiger partial charge on any atom is -0.311 e. The zero-order chi connectivity index (χ0) is 20.9. The SMILES string of the molecule is O=c1c2c(-c3ccncc3F)cccc2ccn1[C@@H]1C[C@H]1c1ccc2ccccc2n1. The standard InChI is InChI=1S/C26H18FN3O/c27-21-15-28-12-10-18(21)19-6-3-5-17-11-13-30(26(31)25(17)19)24-14-20(24)23-9-8-16-4-1-2-7-22(16)29-23/h1-13,15,20,24H,14H2/t20-,24+/m0/s1. The summed E-state index contributed by atoms with van der Waals surface area (Å²) in [4.78, 5) is 22.1. The number of hydrogen-bond acceptors (Lipinski definition) is 3. The Kier molecular flexibility index (Phi) is 3.96. The van der Waals surface area contributed by atoms with Gasteiger partial charge in [0.1, 0.15) is 5.82 Å². The summed E-state index contributed by atoms with van der Waals surface area (Å²) in [5, 5.41) is 2.44. The zero-order valence-corrected chi connectivity index (χ0v) is 16.6. The highest BCUT2D eigenvalue weighted by molar-refractivity contribution is 5.96. The number of fused-ring (bicyclic) bond motifs is 2. The molecule has 0 unspecified atom stereocenters. The van der Waals surface area contributed by atoms with Crippen LogP contribution in [-0.4, -0.2) is 14.5 Å². The minimum atomic E-state index is -0.436. The largest absolute Gasteiger partial charge is 0.311 e. The van der Waals surface area contributed by atoms with Crippen LogP contribution in [0.2, 0.25) is 0 Å². The number of para-hydroxylation sites is 1. The van der Waals surface area contributed by atoms with E-state index in [0.29, 0.717) is 16.5 Å². The number of rotatable bonds is 3. The summed E-state index contributed by atoms with van der Waals surface area (Å²) in [5.41, 5.74) is 2.85. The van der Waals surface area contributed by atoms with Crippen molar-refractivity contribution >= 4 is 21.7 Å². The summed E-state index contributed by atoms with van der Waals surface area (Å²) in [6.45, 7) is 0. The smallest absolute Gasteiger partial charge is 0.259 e. The normalized spacial score (nSPS) is 17.8. The molecule has 0 radical (unpaired) electrons. The molecule has 1 aliphatic rings. The first kappa shape index (κ1) is 18.0. The van der Waals surface area contributed by atoms with E-state index in [2.05, 4.69) is 17.1 Å². The van der Waals surface area contributed by atoms with Gasteiger partial charge in [-0.25, -0.2) is 4.39 Å². The fourth-order valence-electron chi connectivity index (χ4n) is 4.48. The van der Waals surface area contributed by atoms with Crippen LogP contribution in [0.4, 0.5) is 4.39 Å². The van der Waals surface area contributed by atoms with Gasteiger partial charge in [0, 0.05) is 41.0 Å². The van der Waals surface area contributed by atoms with Gasteiger partial charge in [0.25, 0.3) is 5.56 Å². The predicted molar refractivity (Wildman–Crippen MR) is 120 cm³/mol. The average molecular weight is 407 g/mol. The van der Waals surface area contributed by atoms with E-state index in [4.69, 9.17) is 4.98 Å². The summed E-state index contributed by atoms with van der Waals surface area (Å²) in [6, 6.07) is 21.3. The van der Waals surface area contributed by atoms with Crippen LogP contribution >= 0.6 is 0 Å². The Hall–Kier alpha value is -3.86. The van der Waals surface area contributed by atoms with Gasteiger partial charge in [-0.2, -0.15) is 0 Å². The number of benzene rings is 2. The molecule has 150 valence electrons. The van der Waals surface area contributed by atoms with Gasteiger partial charge in [-0.3, -0.25) is 14.8 Å². The molecule has 2 aromatic carbocycles. The third-order valence-electron chi connectivity index (χ3n) is 6.14. The molecule has 0 bridgehead atoms. The van der Waals surface area contributed by atoms with E-state index in [9.17, 15) is 9.18 Å². The highest BCUT2D eigenvalue weighted by atomic mass is 19.1. The molecule has 1 fully saturated rings.